The number of carbonyl (C=O) groups is 1. The largest absolute Gasteiger partial charge is 0.496 e. The third-order valence-corrected chi connectivity index (χ3v) is 5.74. The van der Waals surface area contributed by atoms with Gasteiger partial charge < -0.3 is 19.3 Å². The minimum atomic E-state index is -0.576. The smallest absolute Gasteiger partial charge is 0.223 e. The van der Waals surface area contributed by atoms with E-state index in [1.807, 2.05) is 29.6 Å². The number of hydrogen-bond acceptors (Lipinski definition) is 7. The van der Waals surface area contributed by atoms with Crippen molar-refractivity contribution in [3.8, 4) is 5.75 Å². The number of nitrogens with zero attached hydrogens (tertiary/aromatic N) is 2. The molecule has 8 heteroatoms. The monoisotopic (exact) mass is 399 g/mol. The second kappa shape index (κ2) is 8.12. The Morgan fingerprint density at radius 1 is 1.39 bits per heavy atom. The molecule has 28 heavy (non-hydrogen) atoms. The predicted molar refractivity (Wildman–Crippen MR) is 103 cm³/mol. The molecular weight excluding hydrogens is 378 g/mol. The van der Waals surface area contributed by atoms with Crippen LogP contribution in [0.2, 0.25) is 0 Å². The summed E-state index contributed by atoms with van der Waals surface area (Å²) >= 11 is 1.63. The second-order valence-electron chi connectivity index (χ2n) is 6.54. The van der Waals surface area contributed by atoms with E-state index in [-0.39, 0.29) is 18.4 Å². The lowest BCUT2D eigenvalue weighted by Gasteiger charge is -2.24. The van der Waals surface area contributed by atoms with Crippen LogP contribution in [0, 0.1) is 6.92 Å². The SMILES string of the molecule is COc1ccccc1[C@@H](NC(=O)C[C@@H]1OCCc2ccsc21)c1noc(C)n1. The van der Waals surface area contributed by atoms with Crippen molar-refractivity contribution in [3.05, 3.63) is 63.4 Å². The van der Waals surface area contributed by atoms with Gasteiger partial charge in [-0.05, 0) is 29.5 Å². The van der Waals surface area contributed by atoms with Crippen molar-refractivity contribution in [3.63, 3.8) is 0 Å². The van der Waals surface area contributed by atoms with Crippen molar-refractivity contribution in [1.82, 2.24) is 15.5 Å². The lowest BCUT2D eigenvalue weighted by atomic mass is 10.0. The van der Waals surface area contributed by atoms with Crippen LogP contribution in [0.25, 0.3) is 0 Å². The van der Waals surface area contributed by atoms with Crippen LogP contribution in [-0.4, -0.2) is 29.8 Å². The van der Waals surface area contributed by atoms with Gasteiger partial charge in [-0.25, -0.2) is 0 Å². The van der Waals surface area contributed by atoms with Crippen molar-refractivity contribution in [1.29, 1.82) is 0 Å². The van der Waals surface area contributed by atoms with Crippen molar-refractivity contribution in [2.24, 2.45) is 0 Å². The number of thiophene rings is 1. The Hall–Kier alpha value is -2.71. The Balaban J connectivity index is 1.57. The quantitative estimate of drug-likeness (QED) is 0.684. The van der Waals surface area contributed by atoms with Crippen molar-refractivity contribution in [2.45, 2.75) is 31.9 Å². The van der Waals surface area contributed by atoms with Gasteiger partial charge in [0, 0.05) is 17.4 Å². The summed E-state index contributed by atoms with van der Waals surface area (Å²) in [6.07, 6.45) is 0.896. The number of ether oxygens (including phenoxy) is 2. The number of hydrogen-bond donors (Lipinski definition) is 1. The first-order valence-corrected chi connectivity index (χ1v) is 9.94. The lowest BCUT2D eigenvalue weighted by Crippen LogP contribution is -2.32. The van der Waals surface area contributed by atoms with Crippen LogP contribution < -0.4 is 10.1 Å². The summed E-state index contributed by atoms with van der Waals surface area (Å²) in [5.74, 6) is 1.31. The van der Waals surface area contributed by atoms with Gasteiger partial charge in [0.2, 0.25) is 11.8 Å². The molecule has 0 radical (unpaired) electrons. The summed E-state index contributed by atoms with van der Waals surface area (Å²) in [5.41, 5.74) is 2.03. The molecule has 2 atom stereocenters. The van der Waals surface area contributed by atoms with Crippen LogP contribution in [0.4, 0.5) is 0 Å². The number of methoxy groups -OCH3 is 1. The Kier molecular flexibility index (Phi) is 5.40. The fourth-order valence-electron chi connectivity index (χ4n) is 3.38. The molecule has 3 aromatic rings. The molecule has 7 nitrogen and oxygen atoms in total. The van der Waals surface area contributed by atoms with Crippen molar-refractivity contribution in [2.75, 3.05) is 13.7 Å². The fourth-order valence-corrected chi connectivity index (χ4v) is 4.39. The molecule has 4 rings (SSSR count). The van der Waals surface area contributed by atoms with E-state index in [2.05, 4.69) is 21.5 Å². The average molecular weight is 399 g/mol. The molecule has 1 amide bonds. The summed E-state index contributed by atoms with van der Waals surface area (Å²) in [6.45, 7) is 2.34. The minimum Gasteiger partial charge on any atom is -0.496 e. The zero-order chi connectivity index (χ0) is 19.5. The molecule has 0 fully saturated rings. The van der Waals surface area contributed by atoms with Gasteiger partial charge in [0.15, 0.2) is 5.82 Å². The zero-order valence-electron chi connectivity index (χ0n) is 15.7. The molecular formula is C20H21N3O4S. The summed E-state index contributed by atoms with van der Waals surface area (Å²) in [6, 6.07) is 9.00. The summed E-state index contributed by atoms with van der Waals surface area (Å²) in [7, 11) is 1.59. The Labute approximate surface area is 166 Å². The number of rotatable bonds is 6. The molecule has 0 spiro atoms. The van der Waals surface area contributed by atoms with Gasteiger partial charge in [-0.2, -0.15) is 4.98 Å². The molecule has 0 saturated carbocycles. The number of para-hydroxylation sites is 1. The number of nitrogens with one attached hydrogen (secondary N) is 1. The molecule has 1 aromatic carbocycles. The highest BCUT2D eigenvalue weighted by Crippen LogP contribution is 2.34. The maximum atomic E-state index is 12.9. The van der Waals surface area contributed by atoms with Crippen LogP contribution >= 0.6 is 11.3 Å². The first kappa shape index (κ1) is 18.6. The van der Waals surface area contributed by atoms with Crippen LogP contribution in [0.1, 0.15) is 46.3 Å². The molecule has 0 unspecified atom stereocenters. The summed E-state index contributed by atoms with van der Waals surface area (Å²) in [5, 5.41) is 9.08. The Morgan fingerprint density at radius 3 is 3.04 bits per heavy atom. The van der Waals surface area contributed by atoms with E-state index in [9.17, 15) is 4.79 Å². The van der Waals surface area contributed by atoms with E-state index < -0.39 is 6.04 Å². The highest BCUT2D eigenvalue weighted by Gasteiger charge is 2.29. The second-order valence-corrected chi connectivity index (χ2v) is 7.49. The average Bonchev–Trinajstić information content (AvgIpc) is 3.35. The van der Waals surface area contributed by atoms with Gasteiger partial charge in [0.05, 0.1) is 20.1 Å². The van der Waals surface area contributed by atoms with Gasteiger partial charge >= 0.3 is 0 Å². The lowest BCUT2D eigenvalue weighted by molar-refractivity contribution is -0.124. The highest BCUT2D eigenvalue weighted by molar-refractivity contribution is 7.10. The molecule has 146 valence electrons. The van der Waals surface area contributed by atoms with Crippen molar-refractivity contribution >= 4 is 17.2 Å². The van der Waals surface area contributed by atoms with Gasteiger partial charge in [-0.3, -0.25) is 4.79 Å². The third-order valence-electron chi connectivity index (χ3n) is 4.69. The first-order valence-electron chi connectivity index (χ1n) is 9.06. The summed E-state index contributed by atoms with van der Waals surface area (Å²) < 4.78 is 16.4. The number of aryl methyl sites for hydroxylation is 1. The van der Waals surface area contributed by atoms with E-state index in [1.165, 1.54) is 5.56 Å². The highest BCUT2D eigenvalue weighted by atomic mass is 32.1. The van der Waals surface area contributed by atoms with Crippen LogP contribution in [0.5, 0.6) is 5.75 Å². The number of aromatic nitrogens is 2. The number of amides is 1. The standard InChI is InChI=1S/C20H21N3O4S/c1-12-21-20(23-27-12)18(14-5-3-4-6-15(14)25-2)22-17(24)11-16-19-13(7-9-26-16)8-10-28-19/h3-6,8,10,16,18H,7,9,11H2,1-2H3,(H,22,24)/t16-,18+/m0/s1. The molecule has 1 aliphatic rings. The Bertz CT molecular complexity index is 968. The van der Waals surface area contributed by atoms with Crippen LogP contribution in [-0.2, 0) is 16.0 Å². The molecule has 1 aliphatic heterocycles. The van der Waals surface area contributed by atoms with Gasteiger partial charge in [-0.1, -0.05) is 23.4 Å². The zero-order valence-corrected chi connectivity index (χ0v) is 16.5. The number of benzene rings is 1. The molecule has 1 N–H and O–H groups in total. The van der Waals surface area contributed by atoms with E-state index in [0.717, 1.165) is 16.9 Å². The van der Waals surface area contributed by atoms with Gasteiger partial charge in [0.1, 0.15) is 17.9 Å². The normalized spacial score (nSPS) is 17.0. The summed E-state index contributed by atoms with van der Waals surface area (Å²) in [4.78, 5) is 18.3. The minimum absolute atomic E-state index is 0.149. The topological polar surface area (TPSA) is 86.5 Å². The van der Waals surface area contributed by atoms with E-state index in [4.69, 9.17) is 14.0 Å². The third kappa shape index (κ3) is 3.79. The Morgan fingerprint density at radius 2 is 2.25 bits per heavy atom. The number of fused-ring (bicyclic) bond motifs is 1. The number of carbonyl (C=O) groups excluding carboxylic acids is 1. The van der Waals surface area contributed by atoms with Crippen molar-refractivity contribution < 1.29 is 18.8 Å². The predicted octanol–water partition coefficient (Wildman–Crippen LogP) is 3.36. The molecule has 2 aromatic heterocycles. The molecule has 0 saturated heterocycles. The van der Waals surface area contributed by atoms with Gasteiger partial charge in [0.25, 0.3) is 0 Å². The van der Waals surface area contributed by atoms with Crippen LogP contribution in [0.15, 0.2) is 40.2 Å². The van der Waals surface area contributed by atoms with Crippen LogP contribution in [0.3, 0.4) is 0 Å². The first-order chi connectivity index (χ1) is 13.7. The maximum absolute atomic E-state index is 12.9. The van der Waals surface area contributed by atoms with E-state index in [0.29, 0.717) is 24.1 Å². The van der Waals surface area contributed by atoms with Gasteiger partial charge in [-0.15, -0.1) is 11.3 Å². The molecule has 0 aliphatic carbocycles. The maximum Gasteiger partial charge on any atom is 0.223 e. The fraction of sp³-hybridized carbons (Fsp3) is 0.350. The molecule has 3 heterocycles. The van der Waals surface area contributed by atoms with E-state index in [1.54, 1.807) is 25.4 Å². The van der Waals surface area contributed by atoms with E-state index >= 15 is 0 Å². The molecule has 0 bridgehead atoms.